The number of sulfonamides is 1. The Morgan fingerprint density at radius 2 is 1.76 bits per heavy atom. The van der Waals surface area contributed by atoms with Crippen LogP contribution in [-0.2, 0) is 16.6 Å². The van der Waals surface area contributed by atoms with Crippen LogP contribution in [0.1, 0.15) is 25.3 Å². The molecule has 0 unspecified atom stereocenters. The van der Waals surface area contributed by atoms with E-state index >= 15 is 0 Å². The largest absolute Gasteiger partial charge is 0.326 e. The van der Waals surface area contributed by atoms with Gasteiger partial charge < -0.3 is 4.98 Å². The first kappa shape index (κ1) is 17.4. The molecule has 132 valence electrons. The number of benzene rings is 2. The molecule has 0 spiro atoms. The summed E-state index contributed by atoms with van der Waals surface area (Å²) in [5.41, 5.74) is 2.33. The topological polar surface area (TPSA) is 84.0 Å². The molecule has 1 heterocycles. The van der Waals surface area contributed by atoms with E-state index in [1.54, 1.807) is 12.1 Å². The van der Waals surface area contributed by atoms with Gasteiger partial charge in [0.2, 0.25) is 10.0 Å². The Morgan fingerprint density at radius 1 is 1.08 bits per heavy atom. The molecule has 0 bridgehead atoms. The van der Waals surface area contributed by atoms with E-state index < -0.39 is 10.0 Å². The molecular weight excluding hydrogens is 338 g/mol. The van der Waals surface area contributed by atoms with Crippen LogP contribution in [0.4, 0.5) is 0 Å². The monoisotopic (exact) mass is 359 g/mol. The van der Waals surface area contributed by atoms with Crippen molar-refractivity contribution in [3.63, 3.8) is 0 Å². The Morgan fingerprint density at radius 3 is 2.44 bits per heavy atom. The maximum atomic E-state index is 12.4. The van der Waals surface area contributed by atoms with Crippen LogP contribution in [0.5, 0.6) is 0 Å². The quantitative estimate of drug-likeness (QED) is 0.709. The number of H-pyrrole nitrogens is 1. The first-order valence-electron chi connectivity index (χ1n) is 8.15. The molecule has 0 fully saturated rings. The van der Waals surface area contributed by atoms with Gasteiger partial charge in [0.25, 0.3) is 0 Å². The van der Waals surface area contributed by atoms with Gasteiger partial charge in [0.1, 0.15) is 0 Å². The second-order valence-electron chi connectivity index (χ2n) is 6.22. The van der Waals surface area contributed by atoms with Crippen molar-refractivity contribution >= 4 is 21.1 Å². The summed E-state index contributed by atoms with van der Waals surface area (Å²) in [7, 11) is -3.60. The van der Waals surface area contributed by atoms with Crippen LogP contribution in [0.25, 0.3) is 11.0 Å². The van der Waals surface area contributed by atoms with Gasteiger partial charge in [-0.1, -0.05) is 38.1 Å². The number of imidazole rings is 1. The molecule has 3 aromatic rings. The highest BCUT2D eigenvalue weighted by atomic mass is 32.2. The summed E-state index contributed by atoms with van der Waals surface area (Å²) in [4.78, 5) is 15.0. The van der Waals surface area contributed by atoms with Gasteiger partial charge >= 0.3 is 5.69 Å². The second kappa shape index (κ2) is 6.85. The third-order valence-corrected chi connectivity index (χ3v) is 5.64. The molecule has 7 heteroatoms. The highest BCUT2D eigenvalue weighted by molar-refractivity contribution is 7.89. The number of rotatable bonds is 6. The number of aromatic amines is 1. The van der Waals surface area contributed by atoms with Crippen LogP contribution in [0.3, 0.4) is 0 Å². The molecule has 25 heavy (non-hydrogen) atoms. The molecule has 3 rings (SSSR count). The Bertz CT molecular complexity index is 1030. The zero-order valence-corrected chi connectivity index (χ0v) is 15.0. The summed E-state index contributed by atoms with van der Waals surface area (Å²) in [5.74, 6) is 0.346. The van der Waals surface area contributed by atoms with Crippen LogP contribution in [-0.4, -0.2) is 24.5 Å². The van der Waals surface area contributed by atoms with E-state index in [2.05, 4.69) is 23.6 Å². The summed E-state index contributed by atoms with van der Waals surface area (Å²) in [6, 6.07) is 14.2. The Labute approximate surface area is 146 Å². The molecule has 0 radical (unpaired) electrons. The minimum Gasteiger partial charge on any atom is -0.306 e. The minimum absolute atomic E-state index is 0.135. The molecule has 2 N–H and O–H groups in total. The number of nitrogens with one attached hydrogen (secondary N) is 2. The number of hydrogen-bond acceptors (Lipinski definition) is 3. The van der Waals surface area contributed by atoms with Gasteiger partial charge in [0.05, 0.1) is 15.9 Å². The average molecular weight is 359 g/mol. The van der Waals surface area contributed by atoms with Crippen LogP contribution in [0.2, 0.25) is 0 Å². The Kier molecular flexibility index (Phi) is 4.78. The molecule has 0 aliphatic carbocycles. The van der Waals surface area contributed by atoms with E-state index in [4.69, 9.17) is 0 Å². The van der Waals surface area contributed by atoms with Crippen molar-refractivity contribution in [2.24, 2.45) is 0 Å². The summed E-state index contributed by atoms with van der Waals surface area (Å²) < 4.78 is 28.8. The third kappa shape index (κ3) is 3.67. The van der Waals surface area contributed by atoms with Gasteiger partial charge in [0, 0.05) is 13.1 Å². The number of para-hydroxylation sites is 2. The summed E-state index contributed by atoms with van der Waals surface area (Å²) >= 11 is 0. The molecule has 0 saturated carbocycles. The molecule has 2 aromatic carbocycles. The lowest BCUT2D eigenvalue weighted by Crippen LogP contribution is -2.30. The minimum atomic E-state index is -3.60. The van der Waals surface area contributed by atoms with Crippen molar-refractivity contribution in [1.29, 1.82) is 0 Å². The van der Waals surface area contributed by atoms with Crippen molar-refractivity contribution in [1.82, 2.24) is 14.3 Å². The predicted molar refractivity (Wildman–Crippen MR) is 98.3 cm³/mol. The van der Waals surface area contributed by atoms with Gasteiger partial charge in [-0.3, -0.25) is 4.57 Å². The molecule has 1 aromatic heterocycles. The van der Waals surface area contributed by atoms with Crippen LogP contribution >= 0.6 is 0 Å². The van der Waals surface area contributed by atoms with Gasteiger partial charge in [-0.2, -0.15) is 0 Å². The standard InChI is InChI=1S/C18H21N3O3S/c1-13(2)14-7-9-15(10-8-14)25(23,24)19-11-12-21-17-6-4-3-5-16(17)20-18(21)22/h3-10,13,19H,11-12H2,1-2H3,(H,20,22). The summed E-state index contributed by atoms with van der Waals surface area (Å²) in [5, 5.41) is 0. The Balaban J connectivity index is 1.72. The lowest BCUT2D eigenvalue weighted by molar-refractivity contribution is 0.572. The molecule has 6 nitrogen and oxygen atoms in total. The van der Waals surface area contributed by atoms with Crippen molar-refractivity contribution in [3.8, 4) is 0 Å². The first-order valence-corrected chi connectivity index (χ1v) is 9.64. The van der Waals surface area contributed by atoms with Crippen molar-refractivity contribution in [2.45, 2.75) is 31.2 Å². The zero-order chi connectivity index (χ0) is 18.0. The maximum absolute atomic E-state index is 12.4. The van der Waals surface area contributed by atoms with Crippen LogP contribution in [0, 0.1) is 0 Å². The van der Waals surface area contributed by atoms with E-state index in [0.717, 1.165) is 16.6 Å². The number of fused-ring (bicyclic) bond motifs is 1. The second-order valence-corrected chi connectivity index (χ2v) is 7.99. The fourth-order valence-corrected chi connectivity index (χ4v) is 3.76. The highest BCUT2D eigenvalue weighted by Gasteiger charge is 2.14. The van der Waals surface area contributed by atoms with E-state index in [1.807, 2.05) is 36.4 Å². The normalized spacial score (nSPS) is 12.1. The van der Waals surface area contributed by atoms with Crippen molar-refractivity contribution in [2.75, 3.05) is 6.54 Å². The summed E-state index contributed by atoms with van der Waals surface area (Å²) in [6.07, 6.45) is 0. The molecule has 0 aliphatic rings. The number of aromatic nitrogens is 2. The van der Waals surface area contributed by atoms with Gasteiger partial charge in [-0.15, -0.1) is 0 Å². The zero-order valence-electron chi connectivity index (χ0n) is 14.2. The van der Waals surface area contributed by atoms with Gasteiger partial charge in [-0.05, 0) is 35.7 Å². The predicted octanol–water partition coefficient (Wildman–Crippen LogP) is 2.43. The third-order valence-electron chi connectivity index (χ3n) is 4.17. The fraction of sp³-hybridized carbons (Fsp3) is 0.278. The van der Waals surface area contributed by atoms with Crippen LogP contribution in [0.15, 0.2) is 58.2 Å². The smallest absolute Gasteiger partial charge is 0.306 e. The molecule has 0 aliphatic heterocycles. The lowest BCUT2D eigenvalue weighted by atomic mass is 10.0. The highest BCUT2D eigenvalue weighted by Crippen LogP contribution is 2.17. The summed E-state index contributed by atoms with van der Waals surface area (Å²) in [6.45, 7) is 4.50. The van der Waals surface area contributed by atoms with E-state index in [1.165, 1.54) is 4.57 Å². The number of nitrogens with zero attached hydrogens (tertiary/aromatic N) is 1. The van der Waals surface area contributed by atoms with Gasteiger partial charge in [0.15, 0.2) is 0 Å². The van der Waals surface area contributed by atoms with E-state index in [-0.39, 0.29) is 23.7 Å². The molecule has 0 amide bonds. The van der Waals surface area contributed by atoms with E-state index in [0.29, 0.717) is 5.92 Å². The van der Waals surface area contributed by atoms with Gasteiger partial charge in [-0.25, -0.2) is 17.9 Å². The maximum Gasteiger partial charge on any atom is 0.326 e. The fourth-order valence-electron chi connectivity index (χ4n) is 2.74. The first-order chi connectivity index (χ1) is 11.9. The lowest BCUT2D eigenvalue weighted by Gasteiger charge is -2.09. The molecule has 0 saturated heterocycles. The number of hydrogen-bond donors (Lipinski definition) is 2. The molecule has 0 atom stereocenters. The van der Waals surface area contributed by atoms with Crippen LogP contribution < -0.4 is 10.4 Å². The van der Waals surface area contributed by atoms with Crippen molar-refractivity contribution < 1.29 is 8.42 Å². The van der Waals surface area contributed by atoms with E-state index in [9.17, 15) is 13.2 Å². The average Bonchev–Trinajstić information content (AvgIpc) is 2.90. The SMILES string of the molecule is CC(C)c1ccc(S(=O)(=O)NCCn2c(=O)[nH]c3ccccc32)cc1. The Hall–Kier alpha value is -2.38. The molecular formula is C18H21N3O3S. The van der Waals surface area contributed by atoms with Crippen molar-refractivity contribution in [3.05, 3.63) is 64.6 Å².